The number of urea groups is 1. The van der Waals surface area contributed by atoms with Crippen LogP contribution < -0.4 is 10.6 Å². The van der Waals surface area contributed by atoms with Gasteiger partial charge in [0.2, 0.25) is 0 Å². The number of halogens is 1. The summed E-state index contributed by atoms with van der Waals surface area (Å²) in [7, 11) is 0. The first-order chi connectivity index (χ1) is 10.0. The third kappa shape index (κ3) is 2.84. The van der Waals surface area contributed by atoms with E-state index in [1.54, 1.807) is 0 Å². The normalized spacial score (nSPS) is 26.6. The van der Waals surface area contributed by atoms with Crippen LogP contribution in [0.4, 0.5) is 14.9 Å². The van der Waals surface area contributed by atoms with Gasteiger partial charge in [-0.3, -0.25) is 0 Å². The average molecular weight is 292 g/mol. The van der Waals surface area contributed by atoms with E-state index in [1.165, 1.54) is 25.0 Å². The fourth-order valence-electron chi connectivity index (χ4n) is 3.50. The highest BCUT2D eigenvalue weighted by Gasteiger charge is 2.40. The van der Waals surface area contributed by atoms with Gasteiger partial charge in [-0.05, 0) is 49.3 Å². The molecule has 1 aromatic carbocycles. The molecule has 2 saturated carbocycles. The van der Waals surface area contributed by atoms with Crippen LogP contribution in [0.1, 0.15) is 36.0 Å². The molecule has 5 nitrogen and oxygen atoms in total. The number of fused-ring (bicyclic) bond motifs is 2. The summed E-state index contributed by atoms with van der Waals surface area (Å²) < 4.78 is 13.7. The second kappa shape index (κ2) is 5.35. The Morgan fingerprint density at radius 1 is 1.24 bits per heavy atom. The molecule has 0 saturated heterocycles. The van der Waals surface area contributed by atoms with Crippen LogP contribution in [0.25, 0.3) is 0 Å². The minimum absolute atomic E-state index is 0.0133. The van der Waals surface area contributed by atoms with E-state index in [2.05, 4.69) is 10.6 Å². The highest BCUT2D eigenvalue weighted by Crippen LogP contribution is 2.44. The molecule has 0 radical (unpaired) electrons. The number of rotatable bonds is 3. The Balaban J connectivity index is 1.61. The molecule has 2 fully saturated rings. The summed E-state index contributed by atoms with van der Waals surface area (Å²) in [6.07, 6.45) is 4.57. The maximum absolute atomic E-state index is 13.7. The number of carbonyl (C=O) groups is 2. The zero-order valence-electron chi connectivity index (χ0n) is 11.4. The third-order valence-electron chi connectivity index (χ3n) is 4.52. The number of nitrogens with one attached hydrogen (secondary N) is 2. The fourth-order valence-corrected chi connectivity index (χ4v) is 3.50. The number of anilines is 1. The van der Waals surface area contributed by atoms with E-state index in [1.807, 2.05) is 0 Å². The Labute approximate surface area is 121 Å². The van der Waals surface area contributed by atoms with E-state index >= 15 is 0 Å². The summed E-state index contributed by atoms with van der Waals surface area (Å²) in [6, 6.07) is 3.16. The van der Waals surface area contributed by atoms with Crippen molar-refractivity contribution >= 4 is 17.7 Å². The molecule has 3 N–H and O–H groups in total. The Bertz CT molecular complexity index is 590. The molecule has 0 heterocycles. The fraction of sp³-hybridized carbons (Fsp3) is 0.467. The van der Waals surface area contributed by atoms with Gasteiger partial charge in [-0.1, -0.05) is 6.42 Å². The first-order valence-electron chi connectivity index (χ1n) is 7.13. The highest BCUT2D eigenvalue weighted by atomic mass is 19.1. The predicted molar refractivity (Wildman–Crippen MR) is 74.7 cm³/mol. The molecule has 3 atom stereocenters. The van der Waals surface area contributed by atoms with E-state index in [0.29, 0.717) is 11.8 Å². The summed E-state index contributed by atoms with van der Waals surface area (Å²) in [6.45, 7) is 0. The zero-order chi connectivity index (χ0) is 15.0. The zero-order valence-corrected chi connectivity index (χ0v) is 11.4. The van der Waals surface area contributed by atoms with Crippen LogP contribution >= 0.6 is 0 Å². The van der Waals surface area contributed by atoms with Gasteiger partial charge in [0.15, 0.2) is 0 Å². The number of hydrogen-bond donors (Lipinski definition) is 3. The third-order valence-corrected chi connectivity index (χ3v) is 4.52. The molecule has 0 spiro atoms. The lowest BCUT2D eigenvalue weighted by molar-refractivity contribution is 0.0696. The first-order valence-corrected chi connectivity index (χ1v) is 7.13. The minimum Gasteiger partial charge on any atom is -0.478 e. The van der Waals surface area contributed by atoms with E-state index in [-0.39, 0.29) is 17.3 Å². The Kier molecular flexibility index (Phi) is 3.53. The second-order valence-corrected chi connectivity index (χ2v) is 5.88. The molecule has 21 heavy (non-hydrogen) atoms. The number of benzene rings is 1. The van der Waals surface area contributed by atoms with Gasteiger partial charge in [0.05, 0.1) is 11.3 Å². The van der Waals surface area contributed by atoms with Crippen molar-refractivity contribution in [1.29, 1.82) is 0 Å². The minimum atomic E-state index is -1.20. The standard InChI is InChI=1S/C15H17FN2O3/c16-11-7-10(14(19)20)3-4-12(11)17-15(21)18-13-6-8-1-2-9(13)5-8/h3-4,7-9,13H,1-2,5-6H2,(H,19,20)(H2,17,18,21). The number of carbonyl (C=O) groups excluding carboxylic acids is 1. The van der Waals surface area contributed by atoms with Crippen molar-refractivity contribution in [1.82, 2.24) is 5.32 Å². The van der Waals surface area contributed by atoms with Crippen molar-refractivity contribution < 1.29 is 19.1 Å². The van der Waals surface area contributed by atoms with E-state index in [9.17, 15) is 14.0 Å². The molecule has 2 bridgehead atoms. The summed E-state index contributed by atoms with van der Waals surface area (Å²) in [4.78, 5) is 22.6. The summed E-state index contributed by atoms with van der Waals surface area (Å²) in [5.74, 6) is -0.697. The van der Waals surface area contributed by atoms with Crippen molar-refractivity contribution in [3.05, 3.63) is 29.6 Å². The van der Waals surface area contributed by atoms with Crippen LogP contribution in [0.3, 0.4) is 0 Å². The van der Waals surface area contributed by atoms with Crippen LogP contribution in [0.2, 0.25) is 0 Å². The van der Waals surface area contributed by atoms with Gasteiger partial charge in [0.1, 0.15) is 5.82 Å². The maximum atomic E-state index is 13.7. The molecule has 0 aromatic heterocycles. The summed E-state index contributed by atoms with van der Waals surface area (Å²) in [5, 5.41) is 14.1. The average Bonchev–Trinajstić information content (AvgIpc) is 3.03. The van der Waals surface area contributed by atoms with Crippen molar-refractivity contribution in [2.45, 2.75) is 31.7 Å². The largest absolute Gasteiger partial charge is 0.478 e. The first kappa shape index (κ1) is 13.9. The predicted octanol–water partition coefficient (Wildman–Crippen LogP) is 2.83. The van der Waals surface area contributed by atoms with Crippen molar-refractivity contribution in [2.24, 2.45) is 11.8 Å². The van der Waals surface area contributed by atoms with Gasteiger partial charge in [0.25, 0.3) is 0 Å². The van der Waals surface area contributed by atoms with Crippen LogP contribution in [-0.4, -0.2) is 23.1 Å². The monoisotopic (exact) mass is 292 g/mol. The van der Waals surface area contributed by atoms with E-state index < -0.39 is 17.8 Å². The van der Waals surface area contributed by atoms with Crippen LogP contribution in [0.5, 0.6) is 0 Å². The molecule has 3 unspecified atom stereocenters. The molecule has 0 aliphatic heterocycles. The van der Waals surface area contributed by atoms with Gasteiger partial charge >= 0.3 is 12.0 Å². The molecular weight excluding hydrogens is 275 g/mol. The van der Waals surface area contributed by atoms with Crippen LogP contribution in [-0.2, 0) is 0 Å². The SMILES string of the molecule is O=C(Nc1ccc(C(=O)O)cc1F)NC1CC2CCC1C2. The number of carboxylic acids is 1. The van der Waals surface area contributed by atoms with E-state index in [4.69, 9.17) is 5.11 Å². The van der Waals surface area contributed by atoms with Crippen LogP contribution in [0.15, 0.2) is 18.2 Å². The lowest BCUT2D eigenvalue weighted by Gasteiger charge is -2.23. The molecule has 112 valence electrons. The highest BCUT2D eigenvalue weighted by molar-refractivity contribution is 5.91. The molecule has 2 aliphatic carbocycles. The molecular formula is C15H17FN2O3. The summed E-state index contributed by atoms with van der Waals surface area (Å²) in [5.41, 5.74) is -0.160. The number of aromatic carboxylic acids is 1. The second-order valence-electron chi connectivity index (χ2n) is 5.88. The smallest absolute Gasteiger partial charge is 0.335 e. The summed E-state index contributed by atoms with van der Waals surface area (Å²) >= 11 is 0. The molecule has 6 heteroatoms. The quantitative estimate of drug-likeness (QED) is 0.801. The topological polar surface area (TPSA) is 78.4 Å². The van der Waals surface area contributed by atoms with Gasteiger partial charge in [-0.2, -0.15) is 0 Å². The van der Waals surface area contributed by atoms with Gasteiger partial charge in [-0.15, -0.1) is 0 Å². The lowest BCUT2D eigenvalue weighted by atomic mass is 9.95. The lowest BCUT2D eigenvalue weighted by Crippen LogP contribution is -2.41. The molecule has 3 rings (SSSR count). The number of carboxylic acid groups (broad SMARTS) is 1. The number of amides is 2. The van der Waals surface area contributed by atoms with Crippen molar-refractivity contribution in [3.8, 4) is 0 Å². The van der Waals surface area contributed by atoms with E-state index in [0.717, 1.165) is 18.9 Å². The van der Waals surface area contributed by atoms with Crippen molar-refractivity contribution in [3.63, 3.8) is 0 Å². The molecule has 1 aromatic rings. The molecule has 2 amide bonds. The van der Waals surface area contributed by atoms with Gasteiger partial charge < -0.3 is 15.7 Å². The van der Waals surface area contributed by atoms with Gasteiger partial charge in [0, 0.05) is 6.04 Å². The Morgan fingerprint density at radius 2 is 2.05 bits per heavy atom. The van der Waals surface area contributed by atoms with Crippen LogP contribution in [0, 0.1) is 17.7 Å². The van der Waals surface area contributed by atoms with Crippen molar-refractivity contribution in [2.75, 3.05) is 5.32 Å². The number of hydrogen-bond acceptors (Lipinski definition) is 2. The Hall–Kier alpha value is -2.11. The molecule has 2 aliphatic rings. The van der Waals surface area contributed by atoms with Gasteiger partial charge in [-0.25, -0.2) is 14.0 Å². The Morgan fingerprint density at radius 3 is 2.62 bits per heavy atom. The maximum Gasteiger partial charge on any atom is 0.335 e.